The Balaban J connectivity index is 5.10. The molecule has 0 aromatic rings. The van der Waals surface area contributed by atoms with Crippen LogP contribution in [0.25, 0.3) is 0 Å². The van der Waals surface area contributed by atoms with Crippen LogP contribution < -0.4 is 5.32 Å². The summed E-state index contributed by atoms with van der Waals surface area (Å²) in [6.07, 6.45) is 0. The zero-order valence-electron chi connectivity index (χ0n) is 12.2. The lowest BCUT2D eigenvalue weighted by molar-refractivity contribution is -0.528. The number of nitrogens with zero attached hydrogens (tertiary/aromatic N) is 2. The van der Waals surface area contributed by atoms with Crippen molar-refractivity contribution < 1.29 is 4.58 Å². The highest BCUT2D eigenvalue weighted by Gasteiger charge is 2.24. The molecule has 0 atom stereocenters. The van der Waals surface area contributed by atoms with Crippen LogP contribution in [-0.2, 0) is 0 Å². The zero-order valence-corrected chi connectivity index (χ0v) is 12.2. The molecule has 0 aliphatic rings. The maximum atomic E-state index is 3.63. The van der Waals surface area contributed by atoms with Crippen molar-refractivity contribution in [3.8, 4) is 0 Å². The molecule has 1 N–H and O–H groups in total. The largest absolute Gasteiger partial charge is 0.348 e. The average Bonchev–Trinajstić information content (AvgIpc) is 2.19. The lowest BCUT2D eigenvalue weighted by Gasteiger charge is -2.26. The molecule has 96 valence electrons. The summed E-state index contributed by atoms with van der Waals surface area (Å²) in [6.45, 7) is 19.6. The summed E-state index contributed by atoms with van der Waals surface area (Å²) < 4.78 is 2.39. The molecule has 0 rings (SSSR count). The van der Waals surface area contributed by atoms with Crippen molar-refractivity contribution in [2.75, 3.05) is 26.2 Å². The van der Waals surface area contributed by atoms with Crippen molar-refractivity contribution in [3.05, 3.63) is 0 Å². The van der Waals surface area contributed by atoms with Crippen LogP contribution in [0.15, 0.2) is 0 Å². The van der Waals surface area contributed by atoms with Gasteiger partial charge in [0, 0.05) is 0 Å². The highest BCUT2D eigenvalue weighted by molar-refractivity contribution is 5.75. The Morgan fingerprint density at radius 1 is 1.00 bits per heavy atom. The van der Waals surface area contributed by atoms with E-state index in [4.69, 9.17) is 0 Å². The number of hydrogen-bond donors (Lipinski definition) is 1. The van der Waals surface area contributed by atoms with E-state index in [0.717, 1.165) is 26.2 Å². The lowest BCUT2D eigenvalue weighted by Crippen LogP contribution is -2.54. The molecule has 0 aliphatic heterocycles. The number of nitrogens with one attached hydrogen (secondary N) is 1. The second kappa shape index (κ2) is 6.77. The Bertz CT molecular complexity index is 216. The van der Waals surface area contributed by atoms with Gasteiger partial charge in [-0.15, -0.1) is 0 Å². The molecule has 3 heteroatoms. The van der Waals surface area contributed by atoms with Crippen molar-refractivity contribution >= 4 is 5.96 Å². The Morgan fingerprint density at radius 3 is 1.69 bits per heavy atom. The van der Waals surface area contributed by atoms with Crippen LogP contribution >= 0.6 is 0 Å². The van der Waals surface area contributed by atoms with Crippen LogP contribution in [0.4, 0.5) is 0 Å². The molecule has 0 heterocycles. The molecule has 0 unspecified atom stereocenters. The Labute approximate surface area is 102 Å². The van der Waals surface area contributed by atoms with Crippen molar-refractivity contribution in [3.63, 3.8) is 0 Å². The van der Waals surface area contributed by atoms with E-state index < -0.39 is 0 Å². The number of guanidine groups is 1. The first-order valence-corrected chi connectivity index (χ1v) is 6.54. The van der Waals surface area contributed by atoms with Crippen LogP contribution in [-0.4, -0.2) is 47.2 Å². The molecular formula is C13H30N3+. The minimum absolute atomic E-state index is 0.112. The van der Waals surface area contributed by atoms with Gasteiger partial charge in [0.1, 0.15) is 0 Å². The van der Waals surface area contributed by atoms with Gasteiger partial charge < -0.3 is 0 Å². The van der Waals surface area contributed by atoms with Gasteiger partial charge in [-0.3, -0.25) is 14.8 Å². The molecule has 0 bridgehead atoms. The van der Waals surface area contributed by atoms with E-state index in [1.807, 2.05) is 0 Å². The van der Waals surface area contributed by atoms with Crippen LogP contribution in [0.1, 0.15) is 48.5 Å². The average molecular weight is 228 g/mol. The van der Waals surface area contributed by atoms with Gasteiger partial charge in [-0.25, -0.2) is 0 Å². The van der Waals surface area contributed by atoms with E-state index in [-0.39, 0.29) is 5.54 Å². The molecule has 0 amide bonds. The van der Waals surface area contributed by atoms with Crippen LogP contribution in [0.2, 0.25) is 0 Å². The summed E-state index contributed by atoms with van der Waals surface area (Å²) in [6, 6.07) is 0. The summed E-state index contributed by atoms with van der Waals surface area (Å²) in [5, 5.41) is 3.63. The smallest absolute Gasteiger partial charge is 0.273 e. The highest BCUT2D eigenvalue weighted by atomic mass is 15.3. The van der Waals surface area contributed by atoms with Gasteiger partial charge in [0.2, 0.25) is 0 Å². The fourth-order valence-electron chi connectivity index (χ4n) is 1.74. The Hall–Kier alpha value is -0.730. The fraction of sp³-hybridized carbons (Fsp3) is 0.923. The molecule has 0 spiro atoms. The van der Waals surface area contributed by atoms with E-state index in [2.05, 4.69) is 63.3 Å². The van der Waals surface area contributed by atoms with E-state index in [1.165, 1.54) is 5.96 Å². The SMILES string of the molecule is CCN(CC)C(NC(C)(C)C)=[N+](CC)CC. The minimum Gasteiger partial charge on any atom is -0.273 e. The molecule has 0 saturated heterocycles. The first-order valence-electron chi connectivity index (χ1n) is 6.54. The van der Waals surface area contributed by atoms with E-state index in [1.54, 1.807) is 0 Å². The molecular weight excluding hydrogens is 198 g/mol. The second-order valence-corrected chi connectivity index (χ2v) is 5.04. The van der Waals surface area contributed by atoms with Gasteiger partial charge in [0.05, 0.1) is 31.7 Å². The highest BCUT2D eigenvalue weighted by Crippen LogP contribution is 2.01. The Kier molecular flexibility index (Phi) is 6.46. The van der Waals surface area contributed by atoms with Crippen molar-refractivity contribution in [2.24, 2.45) is 0 Å². The third kappa shape index (κ3) is 4.86. The van der Waals surface area contributed by atoms with Crippen LogP contribution in [0.3, 0.4) is 0 Å². The van der Waals surface area contributed by atoms with Gasteiger partial charge in [0.15, 0.2) is 0 Å². The molecule has 0 aliphatic carbocycles. The van der Waals surface area contributed by atoms with E-state index >= 15 is 0 Å². The summed E-state index contributed by atoms with van der Waals surface area (Å²) in [5.74, 6) is 1.27. The molecule has 16 heavy (non-hydrogen) atoms. The van der Waals surface area contributed by atoms with Gasteiger partial charge in [0.25, 0.3) is 0 Å². The van der Waals surface area contributed by atoms with Gasteiger partial charge in [-0.2, -0.15) is 0 Å². The quantitative estimate of drug-likeness (QED) is 0.451. The topological polar surface area (TPSA) is 18.3 Å². The van der Waals surface area contributed by atoms with Crippen LogP contribution in [0.5, 0.6) is 0 Å². The lowest BCUT2D eigenvalue weighted by atomic mass is 10.1. The fourth-order valence-corrected chi connectivity index (χ4v) is 1.74. The molecule has 0 saturated carbocycles. The van der Waals surface area contributed by atoms with Gasteiger partial charge >= 0.3 is 5.96 Å². The monoisotopic (exact) mass is 228 g/mol. The normalized spacial score (nSPS) is 11.2. The zero-order chi connectivity index (χ0) is 12.8. The summed E-state index contributed by atoms with van der Waals surface area (Å²) in [5.41, 5.74) is 0.112. The van der Waals surface area contributed by atoms with Crippen LogP contribution in [0, 0.1) is 0 Å². The summed E-state index contributed by atoms with van der Waals surface area (Å²) >= 11 is 0. The van der Waals surface area contributed by atoms with Gasteiger partial charge in [-0.05, 0) is 48.5 Å². The molecule has 0 fully saturated rings. The molecule has 0 aromatic carbocycles. The third-order valence-corrected chi connectivity index (χ3v) is 2.61. The molecule has 0 radical (unpaired) electrons. The van der Waals surface area contributed by atoms with Crippen molar-refractivity contribution in [1.82, 2.24) is 10.2 Å². The van der Waals surface area contributed by atoms with Crippen molar-refractivity contribution in [1.29, 1.82) is 0 Å². The number of hydrogen-bond acceptors (Lipinski definition) is 0. The Morgan fingerprint density at radius 2 is 1.44 bits per heavy atom. The van der Waals surface area contributed by atoms with E-state index in [9.17, 15) is 0 Å². The molecule has 0 aromatic heterocycles. The third-order valence-electron chi connectivity index (χ3n) is 2.61. The van der Waals surface area contributed by atoms with Gasteiger partial charge in [-0.1, -0.05) is 0 Å². The summed E-state index contributed by atoms with van der Waals surface area (Å²) in [7, 11) is 0. The first-order chi connectivity index (χ1) is 7.39. The predicted octanol–water partition coefficient (Wildman–Crippen LogP) is 2.12. The van der Waals surface area contributed by atoms with E-state index in [0.29, 0.717) is 0 Å². The number of rotatable bonds is 4. The maximum Gasteiger partial charge on any atom is 0.348 e. The maximum absolute atomic E-state index is 3.63. The second-order valence-electron chi connectivity index (χ2n) is 5.04. The standard InChI is InChI=1S/C13H29N3/c1-8-15(9-2)12(14-13(5,6)7)16(10-3)11-4/h8-11H2,1-7H3/p+1. The first kappa shape index (κ1) is 15.3. The molecule has 3 nitrogen and oxygen atoms in total. The van der Waals surface area contributed by atoms with Crippen molar-refractivity contribution in [2.45, 2.75) is 54.0 Å². The predicted molar refractivity (Wildman–Crippen MR) is 72.2 cm³/mol. The minimum atomic E-state index is 0.112. The summed E-state index contributed by atoms with van der Waals surface area (Å²) in [4.78, 5) is 2.39.